The molecule has 142 valence electrons. The minimum atomic E-state index is -4.59. The molecule has 0 radical (unpaired) electrons. The number of ether oxygens (including phenoxy) is 1. The van der Waals surface area contributed by atoms with Crippen molar-refractivity contribution in [3.63, 3.8) is 0 Å². The van der Waals surface area contributed by atoms with Crippen LogP contribution in [0.15, 0.2) is 46.0 Å². The summed E-state index contributed by atoms with van der Waals surface area (Å²) in [4.78, 5) is -0.389. The average Bonchev–Trinajstić information content (AvgIpc) is 3.16. The predicted octanol–water partition coefficient (Wildman–Crippen LogP) is 3.79. The maximum atomic E-state index is 12.9. The summed E-state index contributed by atoms with van der Waals surface area (Å²) in [6, 6.07) is 5.72. The minimum Gasteiger partial charge on any atom is -0.381 e. The first-order valence-electron chi connectivity index (χ1n) is 8.00. The molecule has 4 nitrogen and oxygen atoms in total. The van der Waals surface area contributed by atoms with E-state index in [0.29, 0.717) is 32.1 Å². The molecule has 1 N–H and O–H groups in total. The number of nitrogens with one attached hydrogen (secondary N) is 1. The van der Waals surface area contributed by atoms with E-state index in [1.54, 1.807) is 0 Å². The Morgan fingerprint density at radius 3 is 2.54 bits per heavy atom. The van der Waals surface area contributed by atoms with Crippen LogP contribution in [0.5, 0.6) is 0 Å². The molecule has 0 unspecified atom stereocenters. The molecule has 1 aromatic carbocycles. The molecular weight excluding hydrogens is 387 g/mol. The van der Waals surface area contributed by atoms with Gasteiger partial charge in [-0.3, -0.25) is 0 Å². The van der Waals surface area contributed by atoms with E-state index in [0.717, 1.165) is 17.7 Å². The lowest BCUT2D eigenvalue weighted by molar-refractivity contribution is -0.137. The van der Waals surface area contributed by atoms with Gasteiger partial charge in [0, 0.05) is 25.2 Å². The fourth-order valence-corrected chi connectivity index (χ4v) is 5.00. The molecule has 1 saturated heterocycles. The van der Waals surface area contributed by atoms with Crippen LogP contribution in [0, 0.1) is 0 Å². The summed E-state index contributed by atoms with van der Waals surface area (Å²) in [5.41, 5.74) is -0.371. The van der Waals surface area contributed by atoms with Crippen molar-refractivity contribution in [1.82, 2.24) is 4.72 Å². The Morgan fingerprint density at radius 2 is 1.92 bits per heavy atom. The minimum absolute atomic E-state index is 0.117. The van der Waals surface area contributed by atoms with Gasteiger partial charge >= 0.3 is 6.18 Å². The second kappa shape index (κ2) is 7.30. The smallest absolute Gasteiger partial charge is 0.381 e. The van der Waals surface area contributed by atoms with Gasteiger partial charge in [0.25, 0.3) is 0 Å². The van der Waals surface area contributed by atoms with E-state index in [1.165, 1.54) is 17.4 Å². The summed E-state index contributed by atoms with van der Waals surface area (Å²) in [7, 11) is -4.06. The standard InChI is InChI=1S/C17H18F3NO3S2/c18-17(19,20)13-2-1-3-15(10-13)26(22,23)21-12-16(5-7-24-8-6-16)14-4-9-25-11-14/h1-4,9-11,21H,5-8,12H2. The first kappa shape index (κ1) is 19.3. The van der Waals surface area contributed by atoms with Crippen LogP contribution in [-0.2, 0) is 26.4 Å². The number of alkyl halides is 3. The van der Waals surface area contributed by atoms with Crippen molar-refractivity contribution in [3.05, 3.63) is 52.2 Å². The average molecular weight is 405 g/mol. The molecule has 3 rings (SSSR count). The molecule has 0 atom stereocenters. The second-order valence-corrected chi connectivity index (χ2v) is 8.80. The van der Waals surface area contributed by atoms with E-state index >= 15 is 0 Å². The summed E-state index contributed by atoms with van der Waals surface area (Å²) >= 11 is 1.52. The zero-order valence-electron chi connectivity index (χ0n) is 13.8. The van der Waals surface area contributed by atoms with Crippen molar-refractivity contribution in [2.75, 3.05) is 19.8 Å². The van der Waals surface area contributed by atoms with Gasteiger partial charge in [0.2, 0.25) is 10.0 Å². The van der Waals surface area contributed by atoms with Crippen LogP contribution in [0.2, 0.25) is 0 Å². The Labute approximate surface area is 154 Å². The van der Waals surface area contributed by atoms with E-state index in [9.17, 15) is 21.6 Å². The Hall–Kier alpha value is -1.42. The molecule has 1 fully saturated rings. The molecule has 1 aliphatic rings. The van der Waals surface area contributed by atoms with Gasteiger partial charge in [-0.1, -0.05) is 6.07 Å². The molecule has 9 heteroatoms. The number of hydrogen-bond donors (Lipinski definition) is 1. The molecule has 2 heterocycles. The quantitative estimate of drug-likeness (QED) is 0.823. The maximum absolute atomic E-state index is 12.9. The Balaban J connectivity index is 1.83. The lowest BCUT2D eigenvalue weighted by atomic mass is 9.75. The van der Waals surface area contributed by atoms with Gasteiger partial charge in [-0.25, -0.2) is 13.1 Å². The van der Waals surface area contributed by atoms with E-state index in [4.69, 9.17) is 4.74 Å². The van der Waals surface area contributed by atoms with E-state index in [-0.39, 0.29) is 11.4 Å². The van der Waals surface area contributed by atoms with E-state index < -0.39 is 27.2 Å². The lowest BCUT2D eigenvalue weighted by Gasteiger charge is -2.37. The summed E-state index contributed by atoms with van der Waals surface area (Å²) in [5.74, 6) is 0. The number of thiophene rings is 1. The summed E-state index contributed by atoms with van der Waals surface area (Å²) in [5, 5.41) is 3.90. The summed E-state index contributed by atoms with van der Waals surface area (Å²) < 4.78 is 71.6. The fraction of sp³-hybridized carbons (Fsp3) is 0.412. The van der Waals surface area contributed by atoms with Crippen LogP contribution in [0.25, 0.3) is 0 Å². The SMILES string of the molecule is O=S(=O)(NCC1(c2ccsc2)CCOCC1)c1cccc(C(F)(F)F)c1. The maximum Gasteiger partial charge on any atom is 0.416 e. The highest BCUT2D eigenvalue weighted by atomic mass is 32.2. The Morgan fingerprint density at radius 1 is 1.19 bits per heavy atom. The van der Waals surface area contributed by atoms with Gasteiger partial charge < -0.3 is 4.74 Å². The number of sulfonamides is 1. The molecule has 1 aromatic heterocycles. The topological polar surface area (TPSA) is 55.4 Å². The molecule has 0 saturated carbocycles. The fourth-order valence-electron chi connectivity index (χ4n) is 3.05. The van der Waals surface area contributed by atoms with Crippen LogP contribution >= 0.6 is 11.3 Å². The zero-order chi connectivity index (χ0) is 18.8. The van der Waals surface area contributed by atoms with Crippen molar-refractivity contribution in [1.29, 1.82) is 0 Å². The highest BCUT2D eigenvalue weighted by Crippen LogP contribution is 2.36. The number of rotatable bonds is 5. The molecule has 26 heavy (non-hydrogen) atoms. The normalized spacial score (nSPS) is 18.0. The largest absolute Gasteiger partial charge is 0.416 e. The van der Waals surface area contributed by atoms with Gasteiger partial charge in [0.1, 0.15) is 0 Å². The van der Waals surface area contributed by atoms with Crippen molar-refractivity contribution >= 4 is 21.4 Å². The number of halogens is 3. The third-order valence-corrected chi connectivity index (χ3v) is 6.74. The van der Waals surface area contributed by atoms with Crippen LogP contribution in [0.4, 0.5) is 13.2 Å². The molecule has 0 amide bonds. The number of benzene rings is 1. The summed E-state index contributed by atoms with van der Waals surface area (Å²) in [6.45, 7) is 1.15. The van der Waals surface area contributed by atoms with Crippen LogP contribution in [0.3, 0.4) is 0 Å². The van der Waals surface area contributed by atoms with Crippen molar-refractivity contribution in [3.8, 4) is 0 Å². The lowest BCUT2D eigenvalue weighted by Crippen LogP contribution is -2.44. The Bertz CT molecular complexity index is 842. The highest BCUT2D eigenvalue weighted by Gasteiger charge is 2.37. The zero-order valence-corrected chi connectivity index (χ0v) is 15.4. The van der Waals surface area contributed by atoms with Crippen molar-refractivity contribution in [2.24, 2.45) is 0 Å². The molecule has 1 aliphatic heterocycles. The summed E-state index contributed by atoms with van der Waals surface area (Å²) in [6.07, 6.45) is -3.30. The van der Waals surface area contributed by atoms with Crippen LogP contribution < -0.4 is 4.72 Å². The van der Waals surface area contributed by atoms with Gasteiger partial charge in [-0.05, 0) is 53.4 Å². The van der Waals surface area contributed by atoms with Crippen LogP contribution in [0.1, 0.15) is 24.0 Å². The van der Waals surface area contributed by atoms with E-state index in [2.05, 4.69) is 4.72 Å². The molecule has 2 aromatic rings. The molecular formula is C17H18F3NO3S2. The monoisotopic (exact) mass is 405 g/mol. The van der Waals surface area contributed by atoms with Crippen molar-refractivity contribution < 1.29 is 26.3 Å². The third kappa shape index (κ3) is 4.11. The third-order valence-electron chi connectivity index (χ3n) is 4.66. The first-order chi connectivity index (χ1) is 12.2. The molecule has 0 spiro atoms. The highest BCUT2D eigenvalue weighted by molar-refractivity contribution is 7.89. The van der Waals surface area contributed by atoms with Gasteiger partial charge in [0.05, 0.1) is 10.5 Å². The number of hydrogen-bond acceptors (Lipinski definition) is 4. The van der Waals surface area contributed by atoms with Gasteiger partial charge in [-0.2, -0.15) is 24.5 Å². The first-order valence-corrected chi connectivity index (χ1v) is 10.4. The Kier molecular flexibility index (Phi) is 5.43. The molecule has 0 aliphatic carbocycles. The molecule has 0 bridgehead atoms. The van der Waals surface area contributed by atoms with Gasteiger partial charge in [0.15, 0.2) is 0 Å². The van der Waals surface area contributed by atoms with Crippen LogP contribution in [-0.4, -0.2) is 28.2 Å². The van der Waals surface area contributed by atoms with Gasteiger partial charge in [-0.15, -0.1) is 0 Å². The second-order valence-electron chi connectivity index (χ2n) is 6.25. The van der Waals surface area contributed by atoms with Crippen molar-refractivity contribution in [2.45, 2.75) is 29.3 Å². The van der Waals surface area contributed by atoms with E-state index in [1.807, 2.05) is 16.8 Å². The predicted molar refractivity (Wildman–Crippen MR) is 92.7 cm³/mol.